The molecule has 0 amide bonds. The van der Waals surface area contributed by atoms with E-state index in [1.165, 1.54) is 0 Å². The van der Waals surface area contributed by atoms with Gasteiger partial charge in [-0.1, -0.05) is 25.1 Å². The van der Waals surface area contributed by atoms with Gasteiger partial charge in [-0.2, -0.15) is 0 Å². The molecule has 0 aliphatic heterocycles. The van der Waals surface area contributed by atoms with Crippen molar-refractivity contribution in [1.82, 2.24) is 0 Å². The SMILES string of the molecule is CC(=O)CC(C)CONc1ccccc1. The fourth-order valence-corrected chi connectivity index (χ4v) is 1.32. The van der Waals surface area contributed by atoms with Crippen LogP contribution in [0, 0.1) is 5.92 Å². The van der Waals surface area contributed by atoms with Gasteiger partial charge in [-0.15, -0.1) is 0 Å². The lowest BCUT2D eigenvalue weighted by Gasteiger charge is -2.11. The Morgan fingerprint density at radius 1 is 1.40 bits per heavy atom. The summed E-state index contributed by atoms with van der Waals surface area (Å²) in [7, 11) is 0. The van der Waals surface area contributed by atoms with E-state index in [0.29, 0.717) is 13.0 Å². The lowest BCUT2D eigenvalue weighted by Crippen LogP contribution is -2.12. The van der Waals surface area contributed by atoms with E-state index in [0.717, 1.165) is 5.69 Å². The Hall–Kier alpha value is -1.35. The minimum Gasteiger partial charge on any atom is -0.300 e. The number of hydrogen-bond acceptors (Lipinski definition) is 3. The van der Waals surface area contributed by atoms with Crippen molar-refractivity contribution in [2.45, 2.75) is 20.3 Å². The van der Waals surface area contributed by atoms with Crippen molar-refractivity contribution in [3.05, 3.63) is 30.3 Å². The van der Waals surface area contributed by atoms with Crippen molar-refractivity contribution in [3.8, 4) is 0 Å². The van der Waals surface area contributed by atoms with E-state index in [9.17, 15) is 4.79 Å². The average molecular weight is 207 g/mol. The maximum atomic E-state index is 10.8. The largest absolute Gasteiger partial charge is 0.300 e. The molecule has 0 aliphatic rings. The topological polar surface area (TPSA) is 38.3 Å². The van der Waals surface area contributed by atoms with Crippen molar-refractivity contribution in [1.29, 1.82) is 0 Å². The van der Waals surface area contributed by atoms with E-state index >= 15 is 0 Å². The van der Waals surface area contributed by atoms with Crippen LogP contribution in [0.15, 0.2) is 30.3 Å². The Bertz CT molecular complexity index is 298. The summed E-state index contributed by atoms with van der Waals surface area (Å²) < 4.78 is 0. The van der Waals surface area contributed by atoms with Gasteiger partial charge in [0.25, 0.3) is 0 Å². The van der Waals surface area contributed by atoms with E-state index in [1.54, 1.807) is 6.92 Å². The molecule has 82 valence electrons. The summed E-state index contributed by atoms with van der Waals surface area (Å²) in [6.45, 7) is 4.13. The molecule has 1 unspecified atom stereocenters. The molecule has 0 spiro atoms. The Kier molecular flexibility index (Phi) is 4.84. The Morgan fingerprint density at radius 2 is 2.07 bits per heavy atom. The second-order valence-electron chi connectivity index (χ2n) is 3.79. The number of benzene rings is 1. The third kappa shape index (κ3) is 5.18. The average Bonchev–Trinajstić information content (AvgIpc) is 2.18. The first kappa shape index (κ1) is 11.7. The first-order valence-corrected chi connectivity index (χ1v) is 5.11. The van der Waals surface area contributed by atoms with Crippen LogP contribution in [0.5, 0.6) is 0 Å². The van der Waals surface area contributed by atoms with Crippen LogP contribution in [-0.2, 0) is 9.63 Å². The highest BCUT2D eigenvalue weighted by atomic mass is 16.6. The monoisotopic (exact) mass is 207 g/mol. The molecule has 1 aromatic carbocycles. The normalized spacial score (nSPS) is 12.1. The molecule has 0 bridgehead atoms. The van der Waals surface area contributed by atoms with Crippen LogP contribution < -0.4 is 5.48 Å². The van der Waals surface area contributed by atoms with Crippen LogP contribution in [0.3, 0.4) is 0 Å². The number of carbonyl (C=O) groups is 1. The highest BCUT2D eigenvalue weighted by molar-refractivity contribution is 5.75. The zero-order valence-corrected chi connectivity index (χ0v) is 9.19. The fourth-order valence-electron chi connectivity index (χ4n) is 1.32. The van der Waals surface area contributed by atoms with Gasteiger partial charge in [0.2, 0.25) is 0 Å². The molecule has 0 radical (unpaired) electrons. The number of ketones is 1. The smallest absolute Gasteiger partial charge is 0.130 e. The van der Waals surface area contributed by atoms with Gasteiger partial charge in [0, 0.05) is 6.42 Å². The predicted octanol–water partition coefficient (Wildman–Crippen LogP) is 2.65. The molecule has 0 saturated heterocycles. The van der Waals surface area contributed by atoms with Crippen LogP contribution in [0.4, 0.5) is 5.69 Å². The maximum absolute atomic E-state index is 10.8. The van der Waals surface area contributed by atoms with Crippen molar-refractivity contribution < 1.29 is 9.63 Å². The Labute approximate surface area is 90.4 Å². The Morgan fingerprint density at radius 3 is 2.67 bits per heavy atom. The van der Waals surface area contributed by atoms with Crippen LogP contribution in [0.25, 0.3) is 0 Å². The summed E-state index contributed by atoms with van der Waals surface area (Å²) in [4.78, 5) is 16.1. The minimum absolute atomic E-state index is 0.200. The van der Waals surface area contributed by atoms with Gasteiger partial charge in [0.1, 0.15) is 5.78 Å². The molecule has 0 aromatic heterocycles. The van der Waals surface area contributed by atoms with E-state index in [2.05, 4.69) is 5.48 Å². The Balaban J connectivity index is 2.19. The summed E-state index contributed by atoms with van der Waals surface area (Å²) in [5.41, 5.74) is 3.76. The van der Waals surface area contributed by atoms with Gasteiger partial charge in [0.15, 0.2) is 0 Å². The third-order valence-corrected chi connectivity index (χ3v) is 1.97. The molecule has 0 fully saturated rings. The van der Waals surface area contributed by atoms with Gasteiger partial charge in [-0.3, -0.25) is 10.3 Å². The summed E-state index contributed by atoms with van der Waals surface area (Å²) in [5.74, 6) is 0.449. The zero-order valence-electron chi connectivity index (χ0n) is 9.19. The molecule has 3 heteroatoms. The van der Waals surface area contributed by atoms with Crippen LogP contribution in [0.1, 0.15) is 20.3 Å². The standard InChI is InChI=1S/C12H17NO2/c1-10(8-11(2)14)9-15-13-12-6-4-3-5-7-12/h3-7,10,13H,8-9H2,1-2H3. The number of anilines is 1. The molecule has 1 rings (SSSR count). The van der Waals surface area contributed by atoms with Gasteiger partial charge in [-0.25, -0.2) is 0 Å². The molecule has 15 heavy (non-hydrogen) atoms. The van der Waals surface area contributed by atoms with E-state index < -0.39 is 0 Å². The zero-order chi connectivity index (χ0) is 11.1. The molecular weight excluding hydrogens is 190 g/mol. The first-order valence-electron chi connectivity index (χ1n) is 5.11. The first-order chi connectivity index (χ1) is 7.18. The summed E-state index contributed by atoms with van der Waals surface area (Å²) >= 11 is 0. The quantitative estimate of drug-likeness (QED) is 0.729. The highest BCUT2D eigenvalue weighted by Crippen LogP contribution is 2.07. The molecule has 1 aromatic rings. The summed E-state index contributed by atoms with van der Waals surface area (Å²) in [6.07, 6.45) is 0.566. The molecule has 1 N–H and O–H groups in total. The van der Waals surface area contributed by atoms with Crippen molar-refractivity contribution >= 4 is 11.5 Å². The predicted molar refractivity (Wildman–Crippen MR) is 60.5 cm³/mol. The number of rotatable bonds is 6. The lowest BCUT2D eigenvalue weighted by atomic mass is 10.1. The fraction of sp³-hybridized carbons (Fsp3) is 0.417. The number of carbonyl (C=O) groups excluding carboxylic acids is 1. The molecular formula is C12H17NO2. The van der Waals surface area contributed by atoms with Crippen LogP contribution in [-0.4, -0.2) is 12.4 Å². The van der Waals surface area contributed by atoms with Gasteiger partial charge in [0.05, 0.1) is 12.3 Å². The minimum atomic E-state index is 0.200. The van der Waals surface area contributed by atoms with E-state index in [4.69, 9.17) is 4.84 Å². The molecule has 0 saturated carbocycles. The lowest BCUT2D eigenvalue weighted by molar-refractivity contribution is -0.118. The number of hydrogen-bond donors (Lipinski definition) is 1. The van der Waals surface area contributed by atoms with Gasteiger partial charge in [-0.05, 0) is 25.0 Å². The van der Waals surface area contributed by atoms with Crippen molar-refractivity contribution in [2.24, 2.45) is 5.92 Å². The summed E-state index contributed by atoms with van der Waals surface area (Å²) in [5, 5.41) is 0. The number of Topliss-reactive ketones (excluding diaryl/α,β-unsaturated/α-hetero) is 1. The molecule has 0 heterocycles. The number of para-hydroxylation sites is 1. The number of nitrogens with one attached hydrogen (secondary N) is 1. The molecule has 0 aliphatic carbocycles. The van der Waals surface area contributed by atoms with Crippen LogP contribution in [0.2, 0.25) is 0 Å². The molecule has 1 atom stereocenters. The van der Waals surface area contributed by atoms with Gasteiger partial charge >= 0.3 is 0 Å². The second kappa shape index (κ2) is 6.19. The summed E-state index contributed by atoms with van der Waals surface area (Å²) in [6, 6.07) is 9.67. The van der Waals surface area contributed by atoms with E-state index in [1.807, 2.05) is 37.3 Å². The second-order valence-corrected chi connectivity index (χ2v) is 3.79. The van der Waals surface area contributed by atoms with Crippen molar-refractivity contribution in [2.75, 3.05) is 12.1 Å². The van der Waals surface area contributed by atoms with Crippen molar-refractivity contribution in [3.63, 3.8) is 0 Å². The van der Waals surface area contributed by atoms with Crippen LogP contribution >= 0.6 is 0 Å². The maximum Gasteiger partial charge on any atom is 0.130 e. The third-order valence-electron chi connectivity index (χ3n) is 1.97. The van der Waals surface area contributed by atoms with Gasteiger partial charge < -0.3 is 4.79 Å². The molecule has 3 nitrogen and oxygen atoms in total. The van der Waals surface area contributed by atoms with E-state index in [-0.39, 0.29) is 11.7 Å². The highest BCUT2D eigenvalue weighted by Gasteiger charge is 2.05.